The highest BCUT2D eigenvalue weighted by Gasteiger charge is 2.30. The highest BCUT2D eigenvalue weighted by Crippen LogP contribution is 2.31. The number of amides is 1. The first-order valence-electron chi connectivity index (χ1n) is 9.11. The summed E-state index contributed by atoms with van der Waals surface area (Å²) in [4.78, 5) is 24.8. The van der Waals surface area contributed by atoms with E-state index in [1.165, 1.54) is 30.9 Å². The number of pyridine rings is 1. The first-order chi connectivity index (χ1) is 14.8. The molecule has 4 aromatic rings. The number of fused-ring (bicyclic) bond motifs is 1. The number of hydrogen-bond donors (Lipinski definition) is 2. The van der Waals surface area contributed by atoms with E-state index >= 15 is 0 Å². The first-order valence-corrected chi connectivity index (χ1v) is 9.11. The molecule has 3 heterocycles. The number of rotatable bonds is 5. The minimum Gasteiger partial charge on any atom is -0.347 e. The van der Waals surface area contributed by atoms with Gasteiger partial charge in [-0.3, -0.25) is 9.48 Å². The van der Waals surface area contributed by atoms with Gasteiger partial charge in [-0.05, 0) is 35.9 Å². The van der Waals surface area contributed by atoms with Gasteiger partial charge in [0.1, 0.15) is 17.8 Å². The zero-order valence-electron chi connectivity index (χ0n) is 16.2. The summed E-state index contributed by atoms with van der Waals surface area (Å²) in [6.07, 6.45) is -0.115. The fourth-order valence-corrected chi connectivity index (χ4v) is 2.98. The van der Waals surface area contributed by atoms with Crippen molar-refractivity contribution in [1.82, 2.24) is 30.0 Å². The Morgan fingerprint density at radius 2 is 1.97 bits per heavy atom. The van der Waals surface area contributed by atoms with Gasteiger partial charge in [-0.2, -0.15) is 18.3 Å². The minimum atomic E-state index is -4.43. The molecule has 3 aromatic heterocycles. The van der Waals surface area contributed by atoms with Gasteiger partial charge in [0.15, 0.2) is 5.65 Å². The zero-order valence-corrected chi connectivity index (χ0v) is 16.2. The van der Waals surface area contributed by atoms with E-state index in [2.05, 4.69) is 30.7 Å². The van der Waals surface area contributed by atoms with Gasteiger partial charge >= 0.3 is 6.18 Å². The lowest BCUT2D eigenvalue weighted by Crippen LogP contribution is -2.24. The van der Waals surface area contributed by atoms with Crippen LogP contribution in [0.15, 0.2) is 55.1 Å². The van der Waals surface area contributed by atoms with Crippen LogP contribution in [0.3, 0.4) is 0 Å². The zero-order chi connectivity index (χ0) is 22.0. The summed E-state index contributed by atoms with van der Waals surface area (Å²) >= 11 is 0. The monoisotopic (exact) mass is 427 g/mol. The molecule has 0 atom stereocenters. The summed E-state index contributed by atoms with van der Waals surface area (Å²) in [6, 6.07) is 8.16. The predicted molar refractivity (Wildman–Crippen MR) is 106 cm³/mol. The number of nitrogens with one attached hydrogen (secondary N) is 2. The molecule has 0 radical (unpaired) electrons. The number of benzene rings is 1. The van der Waals surface area contributed by atoms with Crippen molar-refractivity contribution < 1.29 is 18.0 Å². The molecule has 1 aromatic carbocycles. The Morgan fingerprint density at radius 1 is 1.13 bits per heavy atom. The van der Waals surface area contributed by atoms with Crippen molar-refractivity contribution in [2.75, 3.05) is 5.32 Å². The van der Waals surface area contributed by atoms with Gasteiger partial charge in [0.25, 0.3) is 5.91 Å². The maximum Gasteiger partial charge on any atom is 0.416 e. The third-order valence-corrected chi connectivity index (χ3v) is 4.48. The van der Waals surface area contributed by atoms with Crippen molar-refractivity contribution >= 4 is 28.4 Å². The summed E-state index contributed by atoms with van der Waals surface area (Å²) < 4.78 is 40.2. The van der Waals surface area contributed by atoms with Crippen LogP contribution < -0.4 is 10.6 Å². The Morgan fingerprint density at radius 3 is 2.77 bits per heavy atom. The number of nitrogens with zero attached hydrogens (tertiary/aromatic N) is 5. The summed E-state index contributed by atoms with van der Waals surface area (Å²) in [7, 11) is 1.72. The molecule has 1 amide bonds. The minimum absolute atomic E-state index is 0.171. The third-order valence-electron chi connectivity index (χ3n) is 4.48. The predicted octanol–water partition coefficient (Wildman–Crippen LogP) is 3.45. The van der Waals surface area contributed by atoms with Crippen LogP contribution in [0.25, 0.3) is 11.0 Å². The second-order valence-corrected chi connectivity index (χ2v) is 6.66. The number of carbonyl (C=O) groups is 1. The van der Waals surface area contributed by atoms with E-state index in [0.717, 1.165) is 12.1 Å². The number of carbonyl (C=O) groups excluding carboxylic acids is 1. The molecule has 0 aliphatic rings. The normalized spacial score (nSPS) is 11.5. The molecule has 31 heavy (non-hydrogen) atoms. The maximum atomic E-state index is 12.9. The molecule has 0 spiro atoms. The first kappa shape index (κ1) is 20.3. The van der Waals surface area contributed by atoms with E-state index in [-0.39, 0.29) is 17.9 Å². The molecular formula is C20H16F3N7O. The maximum absolute atomic E-state index is 12.9. The van der Waals surface area contributed by atoms with Gasteiger partial charge in [-0.25, -0.2) is 15.0 Å². The van der Waals surface area contributed by atoms with E-state index < -0.39 is 17.6 Å². The molecule has 0 fully saturated rings. The summed E-state index contributed by atoms with van der Waals surface area (Å²) in [5.41, 5.74) is 0.941. The Kier molecular flexibility index (Phi) is 5.24. The van der Waals surface area contributed by atoms with Crippen LogP contribution in [0.5, 0.6) is 0 Å². The van der Waals surface area contributed by atoms with Crippen molar-refractivity contribution in [2.45, 2.75) is 12.7 Å². The second-order valence-electron chi connectivity index (χ2n) is 6.66. The third kappa shape index (κ3) is 4.44. The lowest BCUT2D eigenvalue weighted by atomic mass is 10.2. The lowest BCUT2D eigenvalue weighted by molar-refractivity contribution is -0.137. The summed E-state index contributed by atoms with van der Waals surface area (Å²) in [5, 5.41) is 10.2. The van der Waals surface area contributed by atoms with E-state index in [1.54, 1.807) is 23.9 Å². The van der Waals surface area contributed by atoms with Crippen LogP contribution in [-0.4, -0.2) is 30.6 Å². The molecule has 8 nitrogen and oxygen atoms in total. The molecule has 0 bridgehead atoms. The Hall–Kier alpha value is -4.02. The largest absolute Gasteiger partial charge is 0.416 e. The van der Waals surface area contributed by atoms with Gasteiger partial charge < -0.3 is 10.6 Å². The Labute approximate surface area is 174 Å². The van der Waals surface area contributed by atoms with Gasteiger partial charge in [-0.15, -0.1) is 0 Å². The average Bonchev–Trinajstić information content (AvgIpc) is 3.13. The van der Waals surface area contributed by atoms with Crippen LogP contribution in [0.2, 0.25) is 0 Å². The van der Waals surface area contributed by atoms with E-state index in [4.69, 9.17) is 0 Å². The van der Waals surface area contributed by atoms with Gasteiger partial charge in [0.05, 0.1) is 17.1 Å². The number of aryl methyl sites for hydroxylation is 1. The molecule has 2 N–H and O–H groups in total. The van der Waals surface area contributed by atoms with Gasteiger partial charge in [0.2, 0.25) is 0 Å². The molecule has 158 valence electrons. The molecule has 0 saturated carbocycles. The lowest BCUT2D eigenvalue weighted by Gasteiger charge is -2.11. The number of alkyl halides is 3. The molecule has 11 heteroatoms. The highest BCUT2D eigenvalue weighted by molar-refractivity contribution is 6.03. The fraction of sp³-hybridized carbons (Fsp3) is 0.150. The van der Waals surface area contributed by atoms with Crippen molar-refractivity contribution in [3.8, 4) is 0 Å². The molecule has 0 saturated heterocycles. The van der Waals surface area contributed by atoms with Crippen molar-refractivity contribution in [2.24, 2.45) is 7.05 Å². The number of hydrogen-bond acceptors (Lipinski definition) is 6. The van der Waals surface area contributed by atoms with Crippen molar-refractivity contribution in [3.63, 3.8) is 0 Å². The van der Waals surface area contributed by atoms with Crippen LogP contribution in [0, 0.1) is 0 Å². The molecular weight excluding hydrogens is 411 g/mol. The van der Waals surface area contributed by atoms with E-state index in [0.29, 0.717) is 22.4 Å². The van der Waals surface area contributed by atoms with Crippen LogP contribution in [0.4, 0.5) is 24.7 Å². The standard InChI is InChI=1S/C20H16F3N7O/c1-30-18-15(10-28-30)17(26-11-27-18)19(31)25-9-12-5-6-24-16(7-12)29-14-4-2-3-13(8-14)20(21,22)23/h2-8,10-11H,9H2,1H3,(H,24,29)(H,25,31). The van der Waals surface area contributed by atoms with Gasteiger partial charge in [0, 0.05) is 25.5 Å². The van der Waals surface area contributed by atoms with Crippen LogP contribution in [0.1, 0.15) is 21.6 Å². The van der Waals surface area contributed by atoms with Crippen LogP contribution >= 0.6 is 0 Å². The number of anilines is 2. The van der Waals surface area contributed by atoms with E-state index in [1.807, 2.05) is 0 Å². The summed E-state index contributed by atoms with van der Waals surface area (Å²) in [6.45, 7) is 0.171. The van der Waals surface area contributed by atoms with E-state index in [9.17, 15) is 18.0 Å². The smallest absolute Gasteiger partial charge is 0.347 e. The number of halogens is 3. The SMILES string of the molecule is Cn1ncc2c(C(=O)NCc3ccnc(Nc4cccc(C(F)(F)F)c4)c3)ncnc21. The summed E-state index contributed by atoms with van der Waals surface area (Å²) in [5.74, 6) is -0.0487. The molecule has 4 rings (SSSR count). The topological polar surface area (TPSA) is 97.6 Å². The average molecular weight is 427 g/mol. The highest BCUT2D eigenvalue weighted by atomic mass is 19.4. The quantitative estimate of drug-likeness (QED) is 0.506. The molecule has 0 aliphatic carbocycles. The Balaban J connectivity index is 1.46. The fourth-order valence-electron chi connectivity index (χ4n) is 2.98. The van der Waals surface area contributed by atoms with Gasteiger partial charge in [-0.1, -0.05) is 6.07 Å². The molecule has 0 unspecified atom stereocenters. The number of aromatic nitrogens is 5. The van der Waals surface area contributed by atoms with Crippen molar-refractivity contribution in [3.05, 3.63) is 71.9 Å². The van der Waals surface area contributed by atoms with Crippen molar-refractivity contribution in [1.29, 1.82) is 0 Å². The second kappa shape index (κ2) is 8.01. The molecule has 0 aliphatic heterocycles. The van der Waals surface area contributed by atoms with Crippen LogP contribution in [-0.2, 0) is 19.8 Å². The Bertz CT molecular complexity index is 1250.